The molecule has 1 heterocycles. The van der Waals surface area contributed by atoms with Gasteiger partial charge in [0.2, 0.25) is 0 Å². The number of carbonyl (C=O) groups excluding carboxylic acids is 1. The van der Waals surface area contributed by atoms with E-state index < -0.39 is 23.9 Å². The second-order valence-electron chi connectivity index (χ2n) is 5.41. The summed E-state index contributed by atoms with van der Waals surface area (Å²) in [5, 5.41) is 2.61. The molecule has 7 heteroatoms. The molecule has 2 aromatic carbocycles. The highest BCUT2D eigenvalue weighted by molar-refractivity contribution is 5.98. The lowest BCUT2D eigenvalue weighted by atomic mass is 10.0. The van der Waals surface area contributed by atoms with Crippen LogP contribution in [0.4, 0.5) is 17.6 Å². The number of amides is 1. The Hall–Kier alpha value is -2.96. The quantitative estimate of drug-likeness (QED) is 0.713. The minimum atomic E-state index is -4.72. The maximum atomic E-state index is 13.3. The number of nitrogens with one attached hydrogen (secondary N) is 1. The topological polar surface area (TPSA) is 42.0 Å². The van der Waals surface area contributed by atoms with Gasteiger partial charge in [0.05, 0.1) is 5.52 Å². The van der Waals surface area contributed by atoms with Crippen molar-refractivity contribution in [3.63, 3.8) is 0 Å². The zero-order valence-corrected chi connectivity index (χ0v) is 12.7. The monoisotopic (exact) mass is 348 g/mol. The molecule has 1 amide bonds. The highest BCUT2D eigenvalue weighted by Gasteiger charge is 2.42. The molecule has 0 aliphatic heterocycles. The zero-order chi connectivity index (χ0) is 18.0. The maximum absolute atomic E-state index is 13.3. The van der Waals surface area contributed by atoms with E-state index in [4.69, 9.17) is 0 Å². The zero-order valence-electron chi connectivity index (χ0n) is 12.7. The van der Waals surface area contributed by atoms with Crippen molar-refractivity contribution in [2.75, 3.05) is 0 Å². The Morgan fingerprint density at radius 1 is 1.04 bits per heavy atom. The third kappa shape index (κ3) is 3.76. The van der Waals surface area contributed by atoms with Crippen LogP contribution >= 0.6 is 0 Å². The van der Waals surface area contributed by atoms with Crippen LogP contribution in [0.15, 0.2) is 60.8 Å². The van der Waals surface area contributed by atoms with E-state index >= 15 is 0 Å². The molecule has 3 nitrogen and oxygen atoms in total. The number of hydrogen-bond donors (Lipinski definition) is 1. The van der Waals surface area contributed by atoms with Gasteiger partial charge in [-0.15, -0.1) is 0 Å². The number of carbonyl (C=O) groups is 1. The van der Waals surface area contributed by atoms with Crippen molar-refractivity contribution in [1.29, 1.82) is 0 Å². The molecule has 1 N–H and O–H groups in total. The first-order chi connectivity index (χ1) is 11.8. The Balaban J connectivity index is 1.90. The van der Waals surface area contributed by atoms with Crippen molar-refractivity contribution in [1.82, 2.24) is 10.3 Å². The van der Waals surface area contributed by atoms with Gasteiger partial charge in [-0.3, -0.25) is 9.78 Å². The molecule has 3 aromatic rings. The standard InChI is InChI=1S/C18H12F4N2O/c19-14-6-3-11(4-7-14)16(18(20,21)22)24-17(25)13-5-8-15-12(10-13)2-1-9-23-15/h1-10,16H,(H,24,25). The fourth-order valence-electron chi connectivity index (χ4n) is 2.44. The summed E-state index contributed by atoms with van der Waals surface area (Å²) in [5.74, 6) is -1.53. The van der Waals surface area contributed by atoms with E-state index in [-0.39, 0.29) is 11.1 Å². The molecule has 0 saturated heterocycles. The van der Waals surface area contributed by atoms with Crippen LogP contribution in [-0.4, -0.2) is 17.1 Å². The third-order valence-electron chi connectivity index (χ3n) is 3.67. The number of nitrogens with zero attached hydrogens (tertiary/aromatic N) is 1. The summed E-state index contributed by atoms with van der Waals surface area (Å²) in [6.45, 7) is 0. The Morgan fingerprint density at radius 2 is 1.76 bits per heavy atom. The average Bonchev–Trinajstić information content (AvgIpc) is 2.59. The van der Waals surface area contributed by atoms with Gasteiger partial charge in [-0.1, -0.05) is 18.2 Å². The van der Waals surface area contributed by atoms with Crippen LogP contribution in [0.5, 0.6) is 0 Å². The number of rotatable bonds is 3. The lowest BCUT2D eigenvalue weighted by Gasteiger charge is -2.22. The summed E-state index contributed by atoms with van der Waals surface area (Å²) in [5.41, 5.74) is 0.464. The first kappa shape index (κ1) is 16.9. The molecule has 1 aromatic heterocycles. The van der Waals surface area contributed by atoms with Crippen molar-refractivity contribution in [3.05, 3.63) is 77.7 Å². The average molecular weight is 348 g/mol. The van der Waals surface area contributed by atoms with E-state index in [2.05, 4.69) is 4.98 Å². The van der Waals surface area contributed by atoms with Crippen LogP contribution < -0.4 is 5.32 Å². The molecule has 128 valence electrons. The summed E-state index contributed by atoms with van der Waals surface area (Å²) in [6, 6.07) is 9.41. The second kappa shape index (κ2) is 6.51. The minimum Gasteiger partial charge on any atom is -0.337 e. The van der Waals surface area contributed by atoms with Gasteiger partial charge in [-0.2, -0.15) is 13.2 Å². The molecule has 0 saturated carbocycles. The van der Waals surface area contributed by atoms with Crippen LogP contribution in [0.2, 0.25) is 0 Å². The number of alkyl halides is 3. The molecule has 0 aliphatic rings. The van der Waals surface area contributed by atoms with Crippen LogP contribution in [0.3, 0.4) is 0 Å². The highest BCUT2D eigenvalue weighted by Crippen LogP contribution is 2.33. The van der Waals surface area contributed by atoms with E-state index in [1.807, 2.05) is 5.32 Å². The number of pyridine rings is 1. The van der Waals surface area contributed by atoms with Gasteiger partial charge in [0.1, 0.15) is 5.82 Å². The maximum Gasteiger partial charge on any atom is 0.412 e. The van der Waals surface area contributed by atoms with Crippen molar-refractivity contribution in [3.8, 4) is 0 Å². The molecule has 0 aliphatic carbocycles. The van der Waals surface area contributed by atoms with E-state index in [1.54, 1.807) is 24.4 Å². The first-order valence-electron chi connectivity index (χ1n) is 7.32. The normalized spacial score (nSPS) is 12.8. The largest absolute Gasteiger partial charge is 0.412 e. The molecule has 1 unspecified atom stereocenters. The number of benzene rings is 2. The van der Waals surface area contributed by atoms with Crippen LogP contribution in [-0.2, 0) is 0 Å². The summed E-state index contributed by atoms with van der Waals surface area (Å²) < 4.78 is 52.9. The Labute approximate surface area is 140 Å². The fourth-order valence-corrected chi connectivity index (χ4v) is 2.44. The van der Waals surface area contributed by atoms with E-state index in [0.29, 0.717) is 10.9 Å². The van der Waals surface area contributed by atoms with Crippen LogP contribution in [0, 0.1) is 5.82 Å². The molecule has 3 rings (SSSR count). The Kier molecular flexibility index (Phi) is 4.39. The molecule has 0 spiro atoms. The summed E-state index contributed by atoms with van der Waals surface area (Å²) in [6.07, 6.45) is -3.14. The van der Waals surface area contributed by atoms with Crippen molar-refractivity contribution >= 4 is 16.8 Å². The number of hydrogen-bond acceptors (Lipinski definition) is 2. The molecular weight excluding hydrogens is 336 g/mol. The Morgan fingerprint density at radius 3 is 2.44 bits per heavy atom. The minimum absolute atomic E-state index is 0.0804. The van der Waals surface area contributed by atoms with Crippen LogP contribution in [0.25, 0.3) is 10.9 Å². The van der Waals surface area contributed by atoms with Gasteiger partial charge in [-0.05, 0) is 42.0 Å². The smallest absolute Gasteiger partial charge is 0.337 e. The number of halogens is 4. The number of fused-ring (bicyclic) bond motifs is 1. The van der Waals surface area contributed by atoms with E-state index in [9.17, 15) is 22.4 Å². The predicted octanol–water partition coefficient (Wildman–Crippen LogP) is 4.41. The molecule has 1 atom stereocenters. The lowest BCUT2D eigenvalue weighted by Crippen LogP contribution is -2.38. The van der Waals surface area contributed by atoms with Crippen molar-refractivity contribution < 1.29 is 22.4 Å². The highest BCUT2D eigenvalue weighted by atomic mass is 19.4. The molecule has 25 heavy (non-hydrogen) atoms. The summed E-state index contributed by atoms with van der Waals surface area (Å²) >= 11 is 0. The van der Waals surface area contributed by atoms with Crippen LogP contribution in [0.1, 0.15) is 22.0 Å². The molecule has 0 radical (unpaired) electrons. The van der Waals surface area contributed by atoms with Gasteiger partial charge < -0.3 is 5.32 Å². The van der Waals surface area contributed by atoms with Crippen molar-refractivity contribution in [2.24, 2.45) is 0 Å². The fraction of sp³-hybridized carbons (Fsp3) is 0.111. The van der Waals surface area contributed by atoms with Gasteiger partial charge in [-0.25, -0.2) is 4.39 Å². The van der Waals surface area contributed by atoms with Crippen molar-refractivity contribution in [2.45, 2.75) is 12.2 Å². The van der Waals surface area contributed by atoms with E-state index in [1.165, 1.54) is 12.1 Å². The van der Waals surface area contributed by atoms with Gasteiger partial charge in [0.15, 0.2) is 6.04 Å². The summed E-state index contributed by atoms with van der Waals surface area (Å²) in [4.78, 5) is 16.4. The SMILES string of the molecule is O=C(NC(c1ccc(F)cc1)C(F)(F)F)c1ccc2ncccc2c1. The second-order valence-corrected chi connectivity index (χ2v) is 5.41. The lowest BCUT2D eigenvalue weighted by molar-refractivity contribution is -0.155. The first-order valence-corrected chi connectivity index (χ1v) is 7.32. The Bertz CT molecular complexity index is 907. The molecule has 0 fully saturated rings. The van der Waals surface area contributed by atoms with Gasteiger partial charge in [0, 0.05) is 17.1 Å². The van der Waals surface area contributed by atoms with Gasteiger partial charge in [0.25, 0.3) is 5.91 Å². The van der Waals surface area contributed by atoms with Gasteiger partial charge >= 0.3 is 6.18 Å². The third-order valence-corrected chi connectivity index (χ3v) is 3.67. The summed E-state index contributed by atoms with van der Waals surface area (Å²) in [7, 11) is 0. The number of aromatic nitrogens is 1. The molecule has 0 bridgehead atoms. The van der Waals surface area contributed by atoms with E-state index in [0.717, 1.165) is 24.3 Å². The predicted molar refractivity (Wildman–Crippen MR) is 84.4 cm³/mol. The molecular formula is C18H12F4N2O.